The standard InChI is InChI=1S/C16H21F3N2.ClH/c1-12-8-14(16(17,18)19)3-2-13(12)9-21-7-5-15(11-21)4-6-20-10-15;/h2-3,8,20H,4-7,9-11H2,1H3;1H. The van der Waals surface area contributed by atoms with Gasteiger partial charge in [0.25, 0.3) is 0 Å². The molecular formula is C16H22ClF3N2. The molecule has 0 aliphatic carbocycles. The molecule has 124 valence electrons. The van der Waals surface area contributed by atoms with Gasteiger partial charge in [-0.3, -0.25) is 4.90 Å². The lowest BCUT2D eigenvalue weighted by atomic mass is 9.86. The molecule has 2 heterocycles. The monoisotopic (exact) mass is 334 g/mol. The molecule has 1 atom stereocenters. The third-order valence-electron chi connectivity index (χ3n) is 4.91. The molecule has 0 bridgehead atoms. The average molecular weight is 335 g/mol. The Balaban J connectivity index is 0.00000176. The first kappa shape index (κ1) is 17.6. The van der Waals surface area contributed by atoms with Crippen LogP contribution in [0.1, 0.15) is 29.5 Å². The van der Waals surface area contributed by atoms with Crippen LogP contribution in [-0.4, -0.2) is 31.1 Å². The molecule has 2 aliphatic heterocycles. The van der Waals surface area contributed by atoms with Crippen molar-refractivity contribution >= 4 is 12.4 Å². The molecule has 1 unspecified atom stereocenters. The van der Waals surface area contributed by atoms with Crippen LogP contribution in [0.2, 0.25) is 0 Å². The van der Waals surface area contributed by atoms with E-state index in [2.05, 4.69) is 10.2 Å². The highest BCUT2D eigenvalue weighted by atomic mass is 35.5. The molecule has 2 nitrogen and oxygen atoms in total. The van der Waals surface area contributed by atoms with E-state index < -0.39 is 11.7 Å². The zero-order valence-electron chi connectivity index (χ0n) is 12.7. The highest BCUT2D eigenvalue weighted by molar-refractivity contribution is 5.85. The number of likely N-dealkylation sites (tertiary alicyclic amines) is 1. The highest BCUT2D eigenvalue weighted by Gasteiger charge is 2.40. The van der Waals surface area contributed by atoms with Crippen molar-refractivity contribution in [2.24, 2.45) is 5.41 Å². The van der Waals surface area contributed by atoms with Crippen LogP contribution in [0.4, 0.5) is 13.2 Å². The van der Waals surface area contributed by atoms with Crippen LogP contribution in [0.3, 0.4) is 0 Å². The zero-order chi connectivity index (χ0) is 15.1. The van der Waals surface area contributed by atoms with E-state index in [1.165, 1.54) is 25.0 Å². The van der Waals surface area contributed by atoms with E-state index in [1.807, 2.05) is 0 Å². The first-order valence-electron chi connectivity index (χ1n) is 7.48. The number of nitrogens with one attached hydrogen (secondary N) is 1. The summed E-state index contributed by atoms with van der Waals surface area (Å²) in [7, 11) is 0. The maximum atomic E-state index is 12.7. The summed E-state index contributed by atoms with van der Waals surface area (Å²) in [5, 5.41) is 3.42. The van der Waals surface area contributed by atoms with Crippen molar-refractivity contribution in [3.8, 4) is 0 Å². The van der Waals surface area contributed by atoms with Crippen molar-refractivity contribution in [2.45, 2.75) is 32.5 Å². The van der Waals surface area contributed by atoms with Crippen LogP contribution in [0.5, 0.6) is 0 Å². The lowest BCUT2D eigenvalue weighted by molar-refractivity contribution is -0.137. The highest BCUT2D eigenvalue weighted by Crippen LogP contribution is 2.37. The number of aryl methyl sites for hydroxylation is 1. The second kappa shape index (κ2) is 6.38. The minimum atomic E-state index is -4.25. The lowest BCUT2D eigenvalue weighted by Crippen LogP contribution is -2.29. The van der Waals surface area contributed by atoms with Crippen LogP contribution in [-0.2, 0) is 12.7 Å². The van der Waals surface area contributed by atoms with Crippen molar-refractivity contribution in [2.75, 3.05) is 26.2 Å². The molecule has 22 heavy (non-hydrogen) atoms. The van der Waals surface area contributed by atoms with Gasteiger partial charge in [-0.1, -0.05) is 6.07 Å². The smallest absolute Gasteiger partial charge is 0.316 e. The molecule has 0 radical (unpaired) electrons. The Morgan fingerprint density at radius 3 is 2.64 bits per heavy atom. The summed E-state index contributed by atoms with van der Waals surface area (Å²) >= 11 is 0. The summed E-state index contributed by atoms with van der Waals surface area (Å²) < 4.78 is 38.1. The van der Waals surface area contributed by atoms with Crippen LogP contribution >= 0.6 is 12.4 Å². The van der Waals surface area contributed by atoms with Crippen molar-refractivity contribution in [3.63, 3.8) is 0 Å². The fourth-order valence-electron chi connectivity index (χ4n) is 3.60. The summed E-state index contributed by atoms with van der Waals surface area (Å²) in [4.78, 5) is 2.38. The molecule has 1 spiro atoms. The number of rotatable bonds is 2. The van der Waals surface area contributed by atoms with Gasteiger partial charge in [0.15, 0.2) is 0 Å². The summed E-state index contributed by atoms with van der Waals surface area (Å²) in [6.07, 6.45) is -1.84. The fourth-order valence-corrected chi connectivity index (χ4v) is 3.60. The molecule has 1 aromatic carbocycles. The van der Waals surface area contributed by atoms with Crippen LogP contribution < -0.4 is 5.32 Å². The zero-order valence-corrected chi connectivity index (χ0v) is 13.5. The van der Waals surface area contributed by atoms with Gasteiger partial charge >= 0.3 is 6.18 Å². The molecule has 1 N–H and O–H groups in total. The molecule has 0 aromatic heterocycles. The number of nitrogens with zero attached hydrogens (tertiary/aromatic N) is 1. The SMILES string of the molecule is Cc1cc(C(F)(F)F)ccc1CN1CCC2(CCNC2)C1.Cl. The molecule has 0 saturated carbocycles. The van der Waals surface area contributed by atoms with Crippen molar-refractivity contribution in [1.82, 2.24) is 10.2 Å². The quantitative estimate of drug-likeness (QED) is 0.888. The molecule has 6 heteroatoms. The molecule has 2 aliphatic rings. The van der Waals surface area contributed by atoms with Crippen molar-refractivity contribution in [1.29, 1.82) is 0 Å². The number of alkyl halides is 3. The molecule has 2 saturated heterocycles. The van der Waals surface area contributed by atoms with Gasteiger partial charge in [0.05, 0.1) is 5.56 Å². The molecular weight excluding hydrogens is 313 g/mol. The number of hydrogen-bond donors (Lipinski definition) is 1. The van der Waals surface area contributed by atoms with Crippen LogP contribution in [0, 0.1) is 12.3 Å². The van der Waals surface area contributed by atoms with Crippen LogP contribution in [0.15, 0.2) is 18.2 Å². The lowest BCUT2D eigenvalue weighted by Gasteiger charge is -2.23. The average Bonchev–Trinajstić information content (AvgIpc) is 3.02. The van der Waals surface area contributed by atoms with E-state index >= 15 is 0 Å². The molecule has 1 aromatic rings. The first-order chi connectivity index (χ1) is 9.88. The van der Waals surface area contributed by atoms with Crippen molar-refractivity contribution in [3.05, 3.63) is 34.9 Å². The van der Waals surface area contributed by atoms with Crippen molar-refractivity contribution < 1.29 is 13.2 Å². The molecule has 2 fully saturated rings. The molecule has 0 amide bonds. The Labute approximate surface area is 135 Å². The minimum absolute atomic E-state index is 0. The Bertz CT molecular complexity index is 525. The number of halogens is 4. The van der Waals surface area contributed by atoms with Crippen LogP contribution in [0.25, 0.3) is 0 Å². The van der Waals surface area contributed by atoms with Gasteiger partial charge in [0.2, 0.25) is 0 Å². The van der Waals surface area contributed by atoms with Gasteiger partial charge < -0.3 is 5.32 Å². The summed E-state index contributed by atoms with van der Waals surface area (Å²) in [5.74, 6) is 0. The first-order valence-corrected chi connectivity index (χ1v) is 7.48. The van der Waals surface area contributed by atoms with E-state index in [4.69, 9.17) is 0 Å². The number of benzene rings is 1. The van der Waals surface area contributed by atoms with Gasteiger partial charge in [-0.25, -0.2) is 0 Å². The van der Waals surface area contributed by atoms with Gasteiger partial charge in [-0.2, -0.15) is 13.2 Å². The third kappa shape index (κ3) is 3.58. The number of hydrogen-bond acceptors (Lipinski definition) is 2. The fraction of sp³-hybridized carbons (Fsp3) is 0.625. The van der Waals surface area contributed by atoms with E-state index in [0.717, 1.165) is 43.9 Å². The van der Waals surface area contributed by atoms with E-state index in [0.29, 0.717) is 5.41 Å². The van der Waals surface area contributed by atoms with Gasteiger partial charge in [0.1, 0.15) is 0 Å². The Morgan fingerprint density at radius 2 is 2.05 bits per heavy atom. The third-order valence-corrected chi connectivity index (χ3v) is 4.91. The molecule has 3 rings (SSSR count). The van der Waals surface area contributed by atoms with Gasteiger partial charge in [-0.05, 0) is 61.5 Å². The Hall–Kier alpha value is -0.780. The Kier molecular flexibility index (Phi) is 5.09. The predicted molar refractivity (Wildman–Crippen MR) is 83.2 cm³/mol. The summed E-state index contributed by atoms with van der Waals surface area (Å²) in [6.45, 7) is 6.80. The predicted octanol–water partition coefficient (Wildman–Crippen LogP) is 3.62. The largest absolute Gasteiger partial charge is 0.416 e. The summed E-state index contributed by atoms with van der Waals surface area (Å²) in [5.41, 5.74) is 1.59. The topological polar surface area (TPSA) is 15.3 Å². The second-order valence-corrected chi connectivity index (χ2v) is 6.53. The van der Waals surface area contributed by atoms with Gasteiger partial charge in [-0.15, -0.1) is 12.4 Å². The van der Waals surface area contributed by atoms with E-state index in [1.54, 1.807) is 13.0 Å². The minimum Gasteiger partial charge on any atom is -0.316 e. The van der Waals surface area contributed by atoms with E-state index in [-0.39, 0.29) is 12.4 Å². The van der Waals surface area contributed by atoms with E-state index in [9.17, 15) is 13.2 Å². The Morgan fingerprint density at radius 1 is 1.27 bits per heavy atom. The normalized spacial score (nSPS) is 25.6. The van der Waals surface area contributed by atoms with Gasteiger partial charge in [0, 0.05) is 19.6 Å². The maximum Gasteiger partial charge on any atom is 0.416 e. The second-order valence-electron chi connectivity index (χ2n) is 6.53. The summed E-state index contributed by atoms with van der Waals surface area (Å²) in [6, 6.07) is 4.10. The maximum absolute atomic E-state index is 12.7.